The maximum absolute atomic E-state index is 12.6. The smallest absolute Gasteiger partial charge is 0.318 e. The van der Waals surface area contributed by atoms with Gasteiger partial charge in [0.15, 0.2) is 5.82 Å². The van der Waals surface area contributed by atoms with E-state index in [1.54, 1.807) is 11.0 Å². The predicted molar refractivity (Wildman–Crippen MR) is 96.3 cm³/mol. The van der Waals surface area contributed by atoms with E-state index in [0.717, 1.165) is 51.4 Å². The SMILES string of the molecule is CCCCCCN(CC(=O)Nc1ccon1)C(=O)NC1CCCCC1. The second-order valence-electron chi connectivity index (χ2n) is 6.70. The first-order valence-electron chi connectivity index (χ1n) is 9.44. The van der Waals surface area contributed by atoms with Crippen molar-refractivity contribution in [3.63, 3.8) is 0 Å². The van der Waals surface area contributed by atoms with Crippen molar-refractivity contribution in [2.75, 3.05) is 18.4 Å². The summed E-state index contributed by atoms with van der Waals surface area (Å²) in [4.78, 5) is 26.4. The van der Waals surface area contributed by atoms with E-state index in [1.165, 1.54) is 12.7 Å². The van der Waals surface area contributed by atoms with Crippen molar-refractivity contribution < 1.29 is 14.1 Å². The summed E-state index contributed by atoms with van der Waals surface area (Å²) in [6, 6.07) is 1.67. The molecule has 25 heavy (non-hydrogen) atoms. The van der Waals surface area contributed by atoms with Crippen molar-refractivity contribution in [3.05, 3.63) is 12.3 Å². The molecule has 0 saturated heterocycles. The van der Waals surface area contributed by atoms with Crippen LogP contribution in [0.1, 0.15) is 64.7 Å². The maximum Gasteiger partial charge on any atom is 0.318 e. The monoisotopic (exact) mass is 350 g/mol. The summed E-state index contributed by atoms with van der Waals surface area (Å²) < 4.78 is 4.70. The summed E-state index contributed by atoms with van der Waals surface area (Å²) in [5.41, 5.74) is 0. The molecule has 1 fully saturated rings. The fourth-order valence-electron chi connectivity index (χ4n) is 3.13. The van der Waals surface area contributed by atoms with Gasteiger partial charge in [-0.25, -0.2) is 4.79 Å². The van der Waals surface area contributed by atoms with Crippen LogP contribution in [0.3, 0.4) is 0 Å². The number of amides is 3. The molecule has 0 unspecified atom stereocenters. The van der Waals surface area contributed by atoms with E-state index in [4.69, 9.17) is 4.52 Å². The zero-order valence-corrected chi connectivity index (χ0v) is 15.1. The van der Waals surface area contributed by atoms with Gasteiger partial charge in [0, 0.05) is 18.7 Å². The molecule has 0 aliphatic heterocycles. The molecule has 0 bridgehead atoms. The maximum atomic E-state index is 12.6. The molecule has 0 atom stereocenters. The number of nitrogens with one attached hydrogen (secondary N) is 2. The average molecular weight is 350 g/mol. The summed E-state index contributed by atoms with van der Waals surface area (Å²) in [6.45, 7) is 2.77. The standard InChI is InChI=1S/C18H30N4O3/c1-2-3-4-8-12-22(14-17(23)20-16-11-13-25-21-16)18(24)19-15-9-6-5-7-10-15/h11,13,15H,2-10,12,14H2,1H3,(H,19,24)(H,20,21,23). The number of hydrogen-bond donors (Lipinski definition) is 2. The van der Waals surface area contributed by atoms with Gasteiger partial charge in [0.25, 0.3) is 0 Å². The Kier molecular flexibility index (Phi) is 8.28. The molecule has 3 amide bonds. The van der Waals surface area contributed by atoms with Crippen LogP contribution in [0, 0.1) is 0 Å². The van der Waals surface area contributed by atoms with E-state index in [-0.39, 0.29) is 24.5 Å². The van der Waals surface area contributed by atoms with Crippen LogP contribution in [0.25, 0.3) is 0 Å². The van der Waals surface area contributed by atoms with Crippen molar-refractivity contribution in [3.8, 4) is 0 Å². The highest BCUT2D eigenvalue weighted by atomic mass is 16.5. The number of carbonyl (C=O) groups excluding carboxylic acids is 2. The molecule has 0 aromatic carbocycles. The lowest BCUT2D eigenvalue weighted by Gasteiger charge is -2.28. The Balaban J connectivity index is 1.85. The second kappa shape index (κ2) is 10.7. The molecule has 2 rings (SSSR count). The normalized spacial score (nSPS) is 14.9. The number of anilines is 1. The zero-order valence-electron chi connectivity index (χ0n) is 15.1. The highest BCUT2D eigenvalue weighted by Gasteiger charge is 2.21. The average Bonchev–Trinajstić information content (AvgIpc) is 3.11. The van der Waals surface area contributed by atoms with E-state index < -0.39 is 0 Å². The molecule has 1 saturated carbocycles. The van der Waals surface area contributed by atoms with Gasteiger partial charge in [0.1, 0.15) is 12.8 Å². The van der Waals surface area contributed by atoms with E-state index in [1.807, 2.05) is 0 Å². The lowest BCUT2D eigenvalue weighted by atomic mass is 9.96. The van der Waals surface area contributed by atoms with Crippen LogP contribution >= 0.6 is 0 Å². The van der Waals surface area contributed by atoms with Gasteiger partial charge in [-0.2, -0.15) is 0 Å². The summed E-state index contributed by atoms with van der Waals surface area (Å²) in [6.07, 6.45) is 11.3. The molecule has 1 aromatic rings. The van der Waals surface area contributed by atoms with Crippen LogP contribution in [0.5, 0.6) is 0 Å². The van der Waals surface area contributed by atoms with Gasteiger partial charge in [0.05, 0.1) is 0 Å². The molecule has 1 heterocycles. The van der Waals surface area contributed by atoms with Crippen LogP contribution in [-0.2, 0) is 4.79 Å². The third kappa shape index (κ3) is 7.15. The Bertz CT molecular complexity index is 512. The van der Waals surface area contributed by atoms with E-state index >= 15 is 0 Å². The number of aromatic nitrogens is 1. The molecular formula is C18H30N4O3. The van der Waals surface area contributed by atoms with Gasteiger partial charge in [-0.15, -0.1) is 0 Å². The van der Waals surface area contributed by atoms with Gasteiger partial charge in [-0.05, 0) is 19.3 Å². The first-order valence-corrected chi connectivity index (χ1v) is 9.44. The Morgan fingerprint density at radius 3 is 2.72 bits per heavy atom. The summed E-state index contributed by atoms with van der Waals surface area (Å²) >= 11 is 0. The first-order chi connectivity index (χ1) is 12.2. The van der Waals surface area contributed by atoms with E-state index in [0.29, 0.717) is 12.4 Å². The number of carbonyl (C=O) groups is 2. The van der Waals surface area contributed by atoms with Gasteiger partial charge in [-0.1, -0.05) is 50.6 Å². The molecule has 7 heteroatoms. The highest BCUT2D eigenvalue weighted by Crippen LogP contribution is 2.17. The fraction of sp³-hybridized carbons (Fsp3) is 0.722. The summed E-state index contributed by atoms with van der Waals surface area (Å²) in [5, 5.41) is 9.41. The second-order valence-corrected chi connectivity index (χ2v) is 6.70. The molecule has 0 spiro atoms. The Hall–Kier alpha value is -2.05. The van der Waals surface area contributed by atoms with Crippen LogP contribution in [0.2, 0.25) is 0 Å². The predicted octanol–water partition coefficient (Wildman–Crippen LogP) is 3.54. The van der Waals surface area contributed by atoms with Crippen LogP contribution in [0.15, 0.2) is 16.9 Å². The Labute approximate surface area is 149 Å². The van der Waals surface area contributed by atoms with Gasteiger partial charge >= 0.3 is 6.03 Å². The lowest BCUT2D eigenvalue weighted by Crippen LogP contribution is -2.48. The number of nitrogens with zero attached hydrogens (tertiary/aromatic N) is 2. The molecule has 140 valence electrons. The third-order valence-corrected chi connectivity index (χ3v) is 4.54. The molecule has 2 N–H and O–H groups in total. The molecule has 1 aliphatic carbocycles. The zero-order chi connectivity index (χ0) is 17.9. The van der Waals surface area contributed by atoms with Crippen molar-refractivity contribution in [2.24, 2.45) is 0 Å². The number of unbranched alkanes of at least 4 members (excludes halogenated alkanes) is 3. The topological polar surface area (TPSA) is 87.5 Å². The molecular weight excluding hydrogens is 320 g/mol. The molecule has 7 nitrogen and oxygen atoms in total. The van der Waals surface area contributed by atoms with E-state index in [9.17, 15) is 9.59 Å². The third-order valence-electron chi connectivity index (χ3n) is 4.54. The molecule has 1 aromatic heterocycles. The van der Waals surface area contributed by atoms with Gasteiger partial charge in [0.2, 0.25) is 5.91 Å². The largest absolute Gasteiger partial charge is 0.363 e. The fourth-order valence-corrected chi connectivity index (χ4v) is 3.13. The van der Waals surface area contributed by atoms with Crippen LogP contribution in [0.4, 0.5) is 10.6 Å². The molecule has 0 radical (unpaired) electrons. The highest BCUT2D eigenvalue weighted by molar-refractivity contribution is 5.93. The molecule has 1 aliphatic rings. The van der Waals surface area contributed by atoms with Crippen molar-refractivity contribution in [2.45, 2.75) is 70.8 Å². The number of hydrogen-bond acceptors (Lipinski definition) is 4. The van der Waals surface area contributed by atoms with Crippen molar-refractivity contribution in [1.82, 2.24) is 15.4 Å². The lowest BCUT2D eigenvalue weighted by molar-refractivity contribution is -0.116. The van der Waals surface area contributed by atoms with Crippen molar-refractivity contribution >= 4 is 17.8 Å². The van der Waals surface area contributed by atoms with Crippen LogP contribution in [-0.4, -0.2) is 41.1 Å². The minimum atomic E-state index is -0.261. The van der Waals surface area contributed by atoms with E-state index in [2.05, 4.69) is 22.7 Å². The number of urea groups is 1. The van der Waals surface area contributed by atoms with Crippen LogP contribution < -0.4 is 10.6 Å². The summed E-state index contributed by atoms with van der Waals surface area (Å²) in [7, 11) is 0. The Morgan fingerprint density at radius 1 is 1.24 bits per heavy atom. The minimum absolute atomic E-state index is 0.0253. The first kappa shape index (κ1) is 19.3. The minimum Gasteiger partial charge on any atom is -0.363 e. The quantitative estimate of drug-likeness (QED) is 0.667. The number of rotatable bonds is 9. The van der Waals surface area contributed by atoms with Gasteiger partial charge in [-0.3, -0.25) is 4.79 Å². The van der Waals surface area contributed by atoms with Crippen molar-refractivity contribution in [1.29, 1.82) is 0 Å². The van der Waals surface area contributed by atoms with Gasteiger partial charge < -0.3 is 20.1 Å². The summed E-state index contributed by atoms with van der Waals surface area (Å²) in [5.74, 6) is 0.104. The Morgan fingerprint density at radius 2 is 2.04 bits per heavy atom.